The summed E-state index contributed by atoms with van der Waals surface area (Å²) in [7, 11) is 0. The average molecular weight is 262 g/mol. The van der Waals surface area contributed by atoms with E-state index in [2.05, 4.69) is 37.0 Å². The molecule has 0 saturated carbocycles. The van der Waals surface area contributed by atoms with Crippen molar-refractivity contribution in [2.24, 2.45) is 5.92 Å². The standard InChI is InChI=1S/C16H20ClN/c1-12(14-3-5-16(17)6-4-14)11-13(2)15-7-9-18-10-8-15/h3-6,11,15,18H,2,7-10H2,1H3/b12-11+. The number of hydrogen-bond donors (Lipinski definition) is 1. The first-order valence-corrected chi connectivity index (χ1v) is 6.88. The van der Waals surface area contributed by atoms with Crippen molar-refractivity contribution in [3.8, 4) is 0 Å². The molecular weight excluding hydrogens is 242 g/mol. The van der Waals surface area contributed by atoms with Crippen LogP contribution in [0.1, 0.15) is 25.3 Å². The van der Waals surface area contributed by atoms with E-state index in [9.17, 15) is 0 Å². The Labute approximate surface area is 115 Å². The molecule has 1 fully saturated rings. The topological polar surface area (TPSA) is 12.0 Å². The van der Waals surface area contributed by atoms with E-state index in [1.807, 2.05) is 12.1 Å². The fourth-order valence-electron chi connectivity index (χ4n) is 2.38. The van der Waals surface area contributed by atoms with Gasteiger partial charge in [0.15, 0.2) is 0 Å². The maximum atomic E-state index is 5.90. The SMILES string of the molecule is C=C(/C=C(\C)c1ccc(Cl)cc1)C1CCNCC1. The van der Waals surface area contributed by atoms with Gasteiger partial charge in [0, 0.05) is 5.02 Å². The van der Waals surface area contributed by atoms with Crippen LogP contribution in [0.2, 0.25) is 5.02 Å². The number of rotatable bonds is 3. The van der Waals surface area contributed by atoms with E-state index < -0.39 is 0 Å². The predicted molar refractivity (Wildman–Crippen MR) is 79.8 cm³/mol. The molecule has 0 radical (unpaired) electrons. The minimum absolute atomic E-state index is 0.633. The van der Waals surface area contributed by atoms with Crippen LogP contribution in [-0.4, -0.2) is 13.1 Å². The highest BCUT2D eigenvalue weighted by atomic mass is 35.5. The van der Waals surface area contributed by atoms with Gasteiger partial charge in [-0.05, 0) is 62.0 Å². The first-order valence-electron chi connectivity index (χ1n) is 6.50. The molecule has 2 heteroatoms. The van der Waals surface area contributed by atoms with Gasteiger partial charge in [-0.3, -0.25) is 0 Å². The minimum Gasteiger partial charge on any atom is -0.317 e. The molecule has 0 unspecified atom stereocenters. The summed E-state index contributed by atoms with van der Waals surface area (Å²) in [6, 6.07) is 7.98. The van der Waals surface area contributed by atoms with Gasteiger partial charge in [0.1, 0.15) is 0 Å². The Balaban J connectivity index is 2.07. The van der Waals surface area contributed by atoms with Gasteiger partial charge in [0.05, 0.1) is 0 Å². The quantitative estimate of drug-likeness (QED) is 0.800. The number of nitrogens with one attached hydrogen (secondary N) is 1. The molecule has 0 spiro atoms. The zero-order valence-corrected chi connectivity index (χ0v) is 11.6. The smallest absolute Gasteiger partial charge is 0.0406 e. The lowest BCUT2D eigenvalue weighted by Crippen LogP contribution is -2.28. The molecule has 18 heavy (non-hydrogen) atoms. The molecular formula is C16H20ClN. The highest BCUT2D eigenvalue weighted by Crippen LogP contribution is 2.25. The normalized spacial score (nSPS) is 17.8. The minimum atomic E-state index is 0.633. The number of benzene rings is 1. The van der Waals surface area contributed by atoms with E-state index in [-0.39, 0.29) is 0 Å². The van der Waals surface area contributed by atoms with E-state index in [4.69, 9.17) is 11.6 Å². The van der Waals surface area contributed by atoms with E-state index in [0.29, 0.717) is 5.92 Å². The Kier molecular flexibility index (Phi) is 4.62. The third-order valence-corrected chi connectivity index (χ3v) is 3.82. The Hall–Kier alpha value is -1.05. The zero-order valence-electron chi connectivity index (χ0n) is 10.9. The fourth-order valence-corrected chi connectivity index (χ4v) is 2.51. The van der Waals surface area contributed by atoms with Gasteiger partial charge in [0.25, 0.3) is 0 Å². The number of hydrogen-bond acceptors (Lipinski definition) is 1. The summed E-state index contributed by atoms with van der Waals surface area (Å²) in [6.07, 6.45) is 4.62. The molecule has 1 heterocycles. The largest absolute Gasteiger partial charge is 0.317 e. The zero-order chi connectivity index (χ0) is 13.0. The molecule has 0 aromatic heterocycles. The second-order valence-corrected chi connectivity index (χ2v) is 5.37. The van der Waals surface area contributed by atoms with Gasteiger partial charge in [0.2, 0.25) is 0 Å². The summed E-state index contributed by atoms with van der Waals surface area (Å²) in [6.45, 7) is 8.58. The van der Waals surface area contributed by atoms with Crippen LogP contribution in [0, 0.1) is 5.92 Å². The molecule has 1 aliphatic heterocycles. The molecule has 0 bridgehead atoms. The van der Waals surface area contributed by atoms with Crippen molar-refractivity contribution < 1.29 is 0 Å². The number of allylic oxidation sites excluding steroid dienone is 3. The Morgan fingerprint density at radius 1 is 1.28 bits per heavy atom. The third kappa shape index (κ3) is 3.47. The maximum absolute atomic E-state index is 5.90. The third-order valence-electron chi connectivity index (χ3n) is 3.56. The first-order chi connectivity index (χ1) is 8.66. The van der Waals surface area contributed by atoms with E-state index in [1.54, 1.807) is 0 Å². The van der Waals surface area contributed by atoms with Crippen LogP contribution in [0.4, 0.5) is 0 Å². The van der Waals surface area contributed by atoms with Crippen LogP contribution < -0.4 is 5.32 Å². The average Bonchev–Trinajstić information content (AvgIpc) is 2.40. The summed E-state index contributed by atoms with van der Waals surface area (Å²) >= 11 is 5.90. The summed E-state index contributed by atoms with van der Waals surface area (Å²) < 4.78 is 0. The molecule has 0 aliphatic carbocycles. The van der Waals surface area contributed by atoms with Gasteiger partial charge in [-0.1, -0.05) is 42.0 Å². The molecule has 1 nitrogen and oxygen atoms in total. The van der Waals surface area contributed by atoms with Crippen LogP contribution in [0.15, 0.2) is 42.5 Å². The molecule has 1 N–H and O–H groups in total. The van der Waals surface area contributed by atoms with Gasteiger partial charge in [-0.15, -0.1) is 0 Å². The van der Waals surface area contributed by atoms with Crippen molar-refractivity contribution in [2.75, 3.05) is 13.1 Å². The molecule has 2 rings (SSSR count). The lowest BCUT2D eigenvalue weighted by Gasteiger charge is -2.23. The van der Waals surface area contributed by atoms with E-state index >= 15 is 0 Å². The molecule has 1 aromatic rings. The molecule has 0 amide bonds. The molecule has 1 aliphatic rings. The number of halogens is 1. The summed E-state index contributed by atoms with van der Waals surface area (Å²) in [5, 5.41) is 4.17. The summed E-state index contributed by atoms with van der Waals surface area (Å²) in [5.74, 6) is 0.633. The second-order valence-electron chi connectivity index (χ2n) is 4.93. The van der Waals surface area contributed by atoms with Crippen LogP contribution in [0.3, 0.4) is 0 Å². The highest BCUT2D eigenvalue weighted by molar-refractivity contribution is 6.30. The maximum Gasteiger partial charge on any atom is 0.0406 e. The van der Waals surface area contributed by atoms with Crippen LogP contribution in [-0.2, 0) is 0 Å². The van der Waals surface area contributed by atoms with Gasteiger partial charge >= 0.3 is 0 Å². The lowest BCUT2D eigenvalue weighted by atomic mass is 9.89. The summed E-state index contributed by atoms with van der Waals surface area (Å²) in [5.41, 5.74) is 3.73. The monoisotopic (exact) mass is 261 g/mol. The fraction of sp³-hybridized carbons (Fsp3) is 0.375. The van der Waals surface area contributed by atoms with Gasteiger partial charge in [-0.2, -0.15) is 0 Å². The molecule has 1 saturated heterocycles. The first kappa shape index (κ1) is 13.4. The van der Waals surface area contributed by atoms with Crippen LogP contribution in [0.5, 0.6) is 0 Å². The van der Waals surface area contributed by atoms with Crippen molar-refractivity contribution in [3.05, 3.63) is 53.1 Å². The van der Waals surface area contributed by atoms with Crippen LogP contribution in [0.25, 0.3) is 5.57 Å². The highest BCUT2D eigenvalue weighted by Gasteiger charge is 2.14. The van der Waals surface area contributed by atoms with Crippen molar-refractivity contribution in [1.82, 2.24) is 5.32 Å². The predicted octanol–water partition coefficient (Wildman–Crippen LogP) is 4.30. The van der Waals surface area contributed by atoms with E-state index in [0.717, 1.165) is 18.1 Å². The molecule has 0 atom stereocenters. The van der Waals surface area contributed by atoms with Gasteiger partial charge in [-0.25, -0.2) is 0 Å². The lowest BCUT2D eigenvalue weighted by molar-refractivity contribution is 0.426. The second kappa shape index (κ2) is 6.21. The van der Waals surface area contributed by atoms with Crippen molar-refractivity contribution in [1.29, 1.82) is 0 Å². The van der Waals surface area contributed by atoms with E-state index in [1.165, 1.54) is 29.6 Å². The van der Waals surface area contributed by atoms with Crippen LogP contribution >= 0.6 is 11.6 Å². The Morgan fingerprint density at radius 3 is 2.50 bits per heavy atom. The van der Waals surface area contributed by atoms with Crippen molar-refractivity contribution >= 4 is 17.2 Å². The van der Waals surface area contributed by atoms with Crippen molar-refractivity contribution in [3.63, 3.8) is 0 Å². The Morgan fingerprint density at radius 2 is 1.89 bits per heavy atom. The summed E-state index contributed by atoms with van der Waals surface area (Å²) in [4.78, 5) is 0. The number of piperidine rings is 1. The molecule has 1 aromatic carbocycles. The van der Waals surface area contributed by atoms with Crippen molar-refractivity contribution in [2.45, 2.75) is 19.8 Å². The molecule has 96 valence electrons. The Bertz CT molecular complexity index is 439. The van der Waals surface area contributed by atoms with Gasteiger partial charge < -0.3 is 5.32 Å².